The number of thioether (sulfide) groups is 1. The highest BCUT2D eigenvalue weighted by atomic mass is 32.2. The minimum atomic E-state index is -2.07. The molecule has 0 aliphatic heterocycles. The van der Waals surface area contributed by atoms with Crippen molar-refractivity contribution >= 4 is 16.9 Å². The summed E-state index contributed by atoms with van der Waals surface area (Å²) >= 11 is 1.07. The summed E-state index contributed by atoms with van der Waals surface area (Å²) in [5, 5.41) is -0.0910. The van der Waals surface area contributed by atoms with Crippen molar-refractivity contribution in [2.75, 3.05) is 5.75 Å². The molecular formula is C14H17F3OS. The van der Waals surface area contributed by atoms with Gasteiger partial charge >= 0.3 is 0 Å². The van der Waals surface area contributed by atoms with Crippen LogP contribution in [0.1, 0.15) is 30.1 Å². The van der Waals surface area contributed by atoms with Crippen LogP contribution >= 0.6 is 11.8 Å². The fourth-order valence-corrected chi connectivity index (χ4v) is 2.35. The number of rotatable bonds is 7. The van der Waals surface area contributed by atoms with E-state index >= 15 is 0 Å². The van der Waals surface area contributed by atoms with Crippen LogP contribution in [-0.4, -0.2) is 29.4 Å². The molecule has 1 nitrogen and oxygen atoms in total. The Labute approximate surface area is 115 Å². The maximum Gasteiger partial charge on any atom is 0.219 e. The van der Waals surface area contributed by atoms with Crippen molar-refractivity contribution in [3.05, 3.63) is 35.9 Å². The summed E-state index contributed by atoms with van der Waals surface area (Å²) in [5.41, 5.74) is 0.588. The molecule has 0 aromatic heterocycles. The highest BCUT2D eigenvalue weighted by Crippen LogP contribution is 2.19. The Balaban J connectivity index is 2.23. The molecule has 1 aromatic carbocycles. The van der Waals surface area contributed by atoms with Gasteiger partial charge in [-0.25, -0.2) is 13.2 Å². The molecule has 3 atom stereocenters. The average molecular weight is 290 g/mol. The van der Waals surface area contributed by atoms with Crippen molar-refractivity contribution in [3.63, 3.8) is 0 Å². The molecule has 0 saturated heterocycles. The van der Waals surface area contributed by atoms with Crippen LogP contribution in [-0.2, 0) is 0 Å². The Bertz CT molecular complexity index is 384. The van der Waals surface area contributed by atoms with Crippen molar-refractivity contribution in [2.45, 2.75) is 38.3 Å². The van der Waals surface area contributed by atoms with E-state index < -0.39 is 18.5 Å². The lowest BCUT2D eigenvalue weighted by atomic mass is 10.1. The molecule has 0 aliphatic carbocycles. The van der Waals surface area contributed by atoms with Crippen LogP contribution in [0.3, 0.4) is 0 Å². The van der Waals surface area contributed by atoms with Gasteiger partial charge in [0.15, 0.2) is 6.17 Å². The fourth-order valence-electron chi connectivity index (χ4n) is 1.55. The number of alkyl halides is 3. The number of halogens is 3. The van der Waals surface area contributed by atoms with Gasteiger partial charge in [0.1, 0.15) is 12.3 Å². The first-order chi connectivity index (χ1) is 9.02. The molecule has 19 heavy (non-hydrogen) atoms. The number of benzene rings is 1. The first-order valence-electron chi connectivity index (χ1n) is 6.16. The summed E-state index contributed by atoms with van der Waals surface area (Å²) in [6.45, 7) is 1.00. The summed E-state index contributed by atoms with van der Waals surface area (Å²) < 4.78 is 38.7. The van der Waals surface area contributed by atoms with Crippen LogP contribution in [0, 0.1) is 0 Å². The molecule has 1 aromatic rings. The monoisotopic (exact) mass is 290 g/mol. The van der Waals surface area contributed by atoms with Gasteiger partial charge in [-0.15, -0.1) is 0 Å². The largest absolute Gasteiger partial charge is 0.282 e. The molecule has 0 spiro atoms. The van der Waals surface area contributed by atoms with Gasteiger partial charge in [0, 0.05) is 11.3 Å². The standard InChI is InChI=1S/C14H17F3OS/c1-10(15)13(17)12(16)8-5-9-19-14(18)11-6-3-2-4-7-11/h2-4,6-7,10,12-13H,5,8-9H2,1H3. The van der Waals surface area contributed by atoms with E-state index in [9.17, 15) is 18.0 Å². The third-order valence-corrected chi connectivity index (χ3v) is 3.64. The van der Waals surface area contributed by atoms with Gasteiger partial charge in [0.05, 0.1) is 0 Å². The van der Waals surface area contributed by atoms with Crippen molar-refractivity contribution < 1.29 is 18.0 Å². The summed E-state index contributed by atoms with van der Waals surface area (Å²) in [7, 11) is 0. The molecular weight excluding hydrogens is 273 g/mol. The predicted octanol–water partition coefficient (Wildman–Crippen LogP) is 4.37. The van der Waals surface area contributed by atoms with E-state index in [-0.39, 0.29) is 11.5 Å². The first kappa shape index (κ1) is 16.1. The summed E-state index contributed by atoms with van der Waals surface area (Å²) in [4.78, 5) is 11.7. The van der Waals surface area contributed by atoms with Gasteiger partial charge in [-0.3, -0.25) is 4.79 Å². The van der Waals surface area contributed by atoms with Crippen LogP contribution < -0.4 is 0 Å². The predicted molar refractivity (Wildman–Crippen MR) is 72.8 cm³/mol. The molecule has 0 saturated carbocycles. The van der Waals surface area contributed by atoms with E-state index in [1.54, 1.807) is 24.3 Å². The third-order valence-electron chi connectivity index (χ3n) is 2.65. The quantitative estimate of drug-likeness (QED) is 0.693. The van der Waals surface area contributed by atoms with Gasteiger partial charge in [0.2, 0.25) is 5.12 Å². The van der Waals surface area contributed by atoms with E-state index in [1.165, 1.54) is 0 Å². The Hall–Kier alpha value is -0.970. The van der Waals surface area contributed by atoms with Crippen molar-refractivity contribution in [2.24, 2.45) is 0 Å². The Kier molecular flexibility index (Phi) is 6.99. The van der Waals surface area contributed by atoms with Crippen molar-refractivity contribution in [1.29, 1.82) is 0 Å². The zero-order chi connectivity index (χ0) is 14.3. The Morgan fingerprint density at radius 1 is 1.21 bits per heavy atom. The number of carbonyl (C=O) groups is 1. The second-order valence-electron chi connectivity index (χ2n) is 4.28. The topological polar surface area (TPSA) is 17.1 Å². The van der Waals surface area contributed by atoms with E-state index in [0.717, 1.165) is 18.7 Å². The first-order valence-corrected chi connectivity index (χ1v) is 7.15. The molecule has 5 heteroatoms. The number of carbonyl (C=O) groups excluding carboxylic acids is 1. The van der Waals surface area contributed by atoms with Gasteiger partial charge in [-0.05, 0) is 19.8 Å². The zero-order valence-corrected chi connectivity index (χ0v) is 11.5. The van der Waals surface area contributed by atoms with Crippen LogP contribution in [0.25, 0.3) is 0 Å². The maximum absolute atomic E-state index is 13.2. The summed E-state index contributed by atoms with van der Waals surface area (Å²) in [6.07, 6.45) is -5.39. The molecule has 0 amide bonds. The molecule has 0 heterocycles. The van der Waals surface area contributed by atoms with Crippen LogP contribution in [0.5, 0.6) is 0 Å². The molecule has 0 N–H and O–H groups in total. The Morgan fingerprint density at radius 2 is 1.84 bits per heavy atom. The number of hydrogen-bond acceptors (Lipinski definition) is 2. The summed E-state index contributed by atoms with van der Waals surface area (Å²) in [5.74, 6) is 0.404. The van der Waals surface area contributed by atoms with Gasteiger partial charge < -0.3 is 0 Å². The molecule has 0 aliphatic rings. The molecule has 106 valence electrons. The normalized spacial score (nSPS) is 15.8. The summed E-state index contributed by atoms with van der Waals surface area (Å²) in [6, 6.07) is 8.75. The van der Waals surface area contributed by atoms with E-state index in [1.807, 2.05) is 6.07 Å². The van der Waals surface area contributed by atoms with Crippen molar-refractivity contribution in [3.8, 4) is 0 Å². The van der Waals surface area contributed by atoms with Gasteiger partial charge in [-0.1, -0.05) is 42.1 Å². The SMILES string of the molecule is CC(F)C(F)C(F)CCCSC(=O)c1ccccc1. The van der Waals surface area contributed by atoms with Crippen LogP contribution in [0.2, 0.25) is 0 Å². The minimum Gasteiger partial charge on any atom is -0.282 e. The van der Waals surface area contributed by atoms with Crippen molar-refractivity contribution in [1.82, 2.24) is 0 Å². The van der Waals surface area contributed by atoms with Gasteiger partial charge in [0.25, 0.3) is 0 Å². The van der Waals surface area contributed by atoms with E-state index in [4.69, 9.17) is 0 Å². The molecule has 0 radical (unpaired) electrons. The fraction of sp³-hybridized carbons (Fsp3) is 0.500. The molecule has 1 rings (SSSR count). The van der Waals surface area contributed by atoms with E-state index in [2.05, 4.69) is 0 Å². The number of hydrogen-bond donors (Lipinski definition) is 0. The Morgan fingerprint density at radius 3 is 2.42 bits per heavy atom. The minimum absolute atomic E-state index is 0.0650. The molecule has 0 bridgehead atoms. The lowest BCUT2D eigenvalue weighted by Crippen LogP contribution is -2.25. The third kappa shape index (κ3) is 5.68. The lowest BCUT2D eigenvalue weighted by molar-refractivity contribution is 0.0861. The van der Waals surface area contributed by atoms with Crippen LogP contribution in [0.15, 0.2) is 30.3 Å². The molecule has 3 unspecified atom stereocenters. The zero-order valence-electron chi connectivity index (χ0n) is 10.7. The maximum atomic E-state index is 13.2. The highest BCUT2D eigenvalue weighted by molar-refractivity contribution is 8.14. The lowest BCUT2D eigenvalue weighted by Gasteiger charge is -2.14. The second kappa shape index (κ2) is 8.25. The second-order valence-corrected chi connectivity index (χ2v) is 5.35. The molecule has 0 fully saturated rings. The smallest absolute Gasteiger partial charge is 0.219 e. The highest BCUT2D eigenvalue weighted by Gasteiger charge is 2.25. The van der Waals surface area contributed by atoms with Crippen LogP contribution in [0.4, 0.5) is 13.2 Å². The van der Waals surface area contributed by atoms with E-state index in [0.29, 0.717) is 17.7 Å². The average Bonchev–Trinajstić information content (AvgIpc) is 2.43. The van der Waals surface area contributed by atoms with Gasteiger partial charge in [-0.2, -0.15) is 0 Å².